The van der Waals surface area contributed by atoms with Crippen LogP contribution in [0.2, 0.25) is 0 Å². The van der Waals surface area contributed by atoms with Crippen molar-refractivity contribution in [3.63, 3.8) is 0 Å². The standard InChI is InChI=1S/C26H29NO3/c1-19-10-8-11-24(21(19)3)27-26(28)22-13-15-23(16-14-22)29-17-6-7-18-30-25-12-5-4-9-20(25)2/h4-5,8-16H,6-7,17-18H2,1-3H3,(H,27,28). The highest BCUT2D eigenvalue weighted by atomic mass is 16.5. The number of rotatable bonds is 9. The van der Waals surface area contributed by atoms with Gasteiger partial charge in [0.25, 0.3) is 5.91 Å². The summed E-state index contributed by atoms with van der Waals surface area (Å²) in [4.78, 5) is 12.5. The van der Waals surface area contributed by atoms with Gasteiger partial charge in [0.05, 0.1) is 13.2 Å². The van der Waals surface area contributed by atoms with Crippen molar-refractivity contribution in [2.24, 2.45) is 0 Å². The Kier molecular flexibility index (Phi) is 7.50. The van der Waals surface area contributed by atoms with E-state index in [9.17, 15) is 4.79 Å². The number of hydrogen-bond acceptors (Lipinski definition) is 3. The molecule has 0 aromatic heterocycles. The van der Waals surface area contributed by atoms with Crippen LogP contribution < -0.4 is 14.8 Å². The largest absolute Gasteiger partial charge is 0.494 e. The summed E-state index contributed by atoms with van der Waals surface area (Å²) >= 11 is 0. The second-order valence-electron chi connectivity index (χ2n) is 7.40. The third-order valence-electron chi connectivity index (χ3n) is 5.13. The van der Waals surface area contributed by atoms with Gasteiger partial charge in [0.1, 0.15) is 11.5 Å². The number of hydrogen-bond donors (Lipinski definition) is 1. The summed E-state index contributed by atoms with van der Waals surface area (Å²) < 4.78 is 11.6. The molecule has 30 heavy (non-hydrogen) atoms. The fourth-order valence-corrected chi connectivity index (χ4v) is 3.08. The third kappa shape index (κ3) is 5.86. The number of carbonyl (C=O) groups excluding carboxylic acids is 1. The summed E-state index contributed by atoms with van der Waals surface area (Å²) in [7, 11) is 0. The molecule has 0 saturated heterocycles. The quantitative estimate of drug-likeness (QED) is 0.439. The molecule has 4 heteroatoms. The normalized spacial score (nSPS) is 10.5. The number of anilines is 1. The van der Waals surface area contributed by atoms with E-state index in [1.54, 1.807) is 12.1 Å². The number of para-hydroxylation sites is 1. The predicted molar refractivity (Wildman–Crippen MR) is 122 cm³/mol. The summed E-state index contributed by atoms with van der Waals surface area (Å²) in [6, 6.07) is 21.2. The molecule has 0 aliphatic rings. The Morgan fingerprint density at radius 2 is 1.43 bits per heavy atom. The maximum absolute atomic E-state index is 12.5. The van der Waals surface area contributed by atoms with E-state index in [0.29, 0.717) is 18.8 Å². The molecule has 1 N–H and O–H groups in total. The molecule has 0 fully saturated rings. The van der Waals surface area contributed by atoms with E-state index in [-0.39, 0.29) is 5.91 Å². The average molecular weight is 404 g/mol. The van der Waals surface area contributed by atoms with Crippen LogP contribution in [0.15, 0.2) is 66.7 Å². The zero-order valence-corrected chi connectivity index (χ0v) is 17.9. The first-order valence-electron chi connectivity index (χ1n) is 10.3. The van der Waals surface area contributed by atoms with Crippen molar-refractivity contribution in [2.75, 3.05) is 18.5 Å². The van der Waals surface area contributed by atoms with Gasteiger partial charge in [0, 0.05) is 11.3 Å². The van der Waals surface area contributed by atoms with Crippen molar-refractivity contribution < 1.29 is 14.3 Å². The monoisotopic (exact) mass is 403 g/mol. The molecule has 0 bridgehead atoms. The molecule has 4 nitrogen and oxygen atoms in total. The van der Waals surface area contributed by atoms with Gasteiger partial charge < -0.3 is 14.8 Å². The summed E-state index contributed by atoms with van der Waals surface area (Å²) in [5.41, 5.74) is 4.83. The van der Waals surface area contributed by atoms with Gasteiger partial charge in [-0.2, -0.15) is 0 Å². The molecule has 0 saturated carbocycles. The van der Waals surface area contributed by atoms with Crippen molar-refractivity contribution in [1.82, 2.24) is 0 Å². The topological polar surface area (TPSA) is 47.6 Å². The highest BCUT2D eigenvalue weighted by molar-refractivity contribution is 6.04. The minimum Gasteiger partial charge on any atom is -0.494 e. The molecule has 0 heterocycles. The van der Waals surface area contributed by atoms with Crippen molar-refractivity contribution in [3.05, 3.63) is 89.0 Å². The maximum atomic E-state index is 12.5. The van der Waals surface area contributed by atoms with E-state index in [4.69, 9.17) is 9.47 Å². The second kappa shape index (κ2) is 10.5. The first-order chi connectivity index (χ1) is 14.5. The van der Waals surface area contributed by atoms with E-state index in [1.165, 1.54) is 0 Å². The zero-order valence-electron chi connectivity index (χ0n) is 17.9. The fourth-order valence-electron chi connectivity index (χ4n) is 3.08. The van der Waals surface area contributed by atoms with E-state index < -0.39 is 0 Å². The van der Waals surface area contributed by atoms with E-state index in [2.05, 4.69) is 5.32 Å². The van der Waals surface area contributed by atoms with Gasteiger partial charge in [0.2, 0.25) is 0 Å². The number of nitrogens with one attached hydrogen (secondary N) is 1. The summed E-state index contributed by atoms with van der Waals surface area (Å²) in [6.45, 7) is 7.38. The first-order valence-corrected chi connectivity index (χ1v) is 10.3. The highest BCUT2D eigenvalue weighted by Crippen LogP contribution is 2.20. The summed E-state index contributed by atoms with van der Waals surface area (Å²) in [5.74, 6) is 1.58. The van der Waals surface area contributed by atoms with Gasteiger partial charge in [-0.05, 0) is 86.7 Å². The lowest BCUT2D eigenvalue weighted by molar-refractivity contribution is 0.102. The number of unbranched alkanes of at least 4 members (excludes halogenated alkanes) is 1. The molecule has 0 unspecified atom stereocenters. The number of aryl methyl sites for hydroxylation is 2. The summed E-state index contributed by atoms with van der Waals surface area (Å²) in [6.07, 6.45) is 1.82. The van der Waals surface area contributed by atoms with Crippen LogP contribution in [0.25, 0.3) is 0 Å². The lowest BCUT2D eigenvalue weighted by Gasteiger charge is -2.11. The lowest BCUT2D eigenvalue weighted by Crippen LogP contribution is -2.13. The predicted octanol–water partition coefficient (Wildman–Crippen LogP) is 6.10. The zero-order chi connectivity index (χ0) is 21.3. The molecule has 156 valence electrons. The van der Waals surface area contributed by atoms with E-state index >= 15 is 0 Å². The molecule has 0 radical (unpaired) electrons. The lowest BCUT2D eigenvalue weighted by atomic mass is 10.1. The maximum Gasteiger partial charge on any atom is 0.255 e. The second-order valence-corrected chi connectivity index (χ2v) is 7.40. The molecule has 0 atom stereocenters. The summed E-state index contributed by atoms with van der Waals surface area (Å²) in [5, 5.41) is 2.98. The smallest absolute Gasteiger partial charge is 0.255 e. The van der Waals surface area contributed by atoms with Crippen molar-refractivity contribution in [3.8, 4) is 11.5 Å². The SMILES string of the molecule is Cc1ccccc1OCCCCOc1ccc(C(=O)Nc2cccc(C)c2C)cc1. The molecule has 0 aliphatic heterocycles. The Hall–Kier alpha value is -3.27. The number of amides is 1. The van der Waals surface area contributed by atoms with Crippen LogP contribution in [0.4, 0.5) is 5.69 Å². The van der Waals surface area contributed by atoms with Crippen molar-refractivity contribution in [1.29, 1.82) is 0 Å². The van der Waals surface area contributed by atoms with Gasteiger partial charge in [-0.25, -0.2) is 0 Å². The van der Waals surface area contributed by atoms with Crippen LogP contribution in [-0.4, -0.2) is 19.1 Å². The Bertz CT molecular complexity index is 980. The van der Waals surface area contributed by atoms with Gasteiger partial charge in [-0.1, -0.05) is 30.3 Å². The Balaban J connectivity index is 1.40. The van der Waals surface area contributed by atoms with E-state index in [1.807, 2.05) is 75.4 Å². The molecule has 0 spiro atoms. The van der Waals surface area contributed by atoms with Crippen LogP contribution in [-0.2, 0) is 0 Å². The van der Waals surface area contributed by atoms with Gasteiger partial charge in [0.15, 0.2) is 0 Å². The van der Waals surface area contributed by atoms with Crippen molar-refractivity contribution in [2.45, 2.75) is 33.6 Å². The van der Waals surface area contributed by atoms with Crippen LogP contribution in [0.3, 0.4) is 0 Å². The average Bonchev–Trinajstić information content (AvgIpc) is 2.75. The Morgan fingerprint density at radius 3 is 2.17 bits per heavy atom. The minimum atomic E-state index is -0.122. The van der Waals surface area contributed by atoms with Crippen molar-refractivity contribution >= 4 is 11.6 Å². The number of benzene rings is 3. The number of carbonyl (C=O) groups is 1. The molecule has 3 aromatic carbocycles. The van der Waals surface area contributed by atoms with Gasteiger partial charge in [-0.15, -0.1) is 0 Å². The first kappa shape index (κ1) is 21.4. The van der Waals surface area contributed by atoms with E-state index in [0.717, 1.165) is 46.7 Å². The van der Waals surface area contributed by atoms with Crippen LogP contribution in [0.5, 0.6) is 11.5 Å². The highest BCUT2D eigenvalue weighted by Gasteiger charge is 2.09. The molecular formula is C26H29NO3. The van der Waals surface area contributed by atoms with Crippen LogP contribution >= 0.6 is 0 Å². The van der Waals surface area contributed by atoms with Gasteiger partial charge >= 0.3 is 0 Å². The van der Waals surface area contributed by atoms with Gasteiger partial charge in [-0.3, -0.25) is 4.79 Å². The van der Waals surface area contributed by atoms with Crippen LogP contribution in [0.1, 0.15) is 39.9 Å². The molecule has 3 rings (SSSR count). The Morgan fingerprint density at radius 1 is 0.767 bits per heavy atom. The minimum absolute atomic E-state index is 0.122. The Labute approximate surface area is 178 Å². The fraction of sp³-hybridized carbons (Fsp3) is 0.269. The molecule has 3 aromatic rings. The molecule has 1 amide bonds. The third-order valence-corrected chi connectivity index (χ3v) is 5.13. The number of ether oxygens (including phenoxy) is 2. The molecule has 0 aliphatic carbocycles. The molecular weight excluding hydrogens is 374 g/mol. The van der Waals surface area contributed by atoms with Crippen LogP contribution in [0, 0.1) is 20.8 Å².